The molecule has 0 aliphatic rings. The lowest BCUT2D eigenvalue weighted by atomic mass is 10.2. The second-order valence-corrected chi connectivity index (χ2v) is 5.06. The predicted molar refractivity (Wildman–Crippen MR) is 75.6 cm³/mol. The van der Waals surface area contributed by atoms with Gasteiger partial charge in [-0.25, -0.2) is 9.59 Å². The van der Waals surface area contributed by atoms with Gasteiger partial charge in [0.2, 0.25) is 0 Å². The monoisotopic (exact) mass is 280 g/mol. The van der Waals surface area contributed by atoms with Gasteiger partial charge in [0.15, 0.2) is 0 Å². The number of alkyl carbamates (subject to hydrolysis) is 1. The maximum Gasteiger partial charge on any atom is 0.411 e. The molecule has 0 heterocycles. The van der Waals surface area contributed by atoms with Crippen LogP contribution in [0.3, 0.4) is 0 Å². The molecule has 0 saturated heterocycles. The number of carbonyl (C=O) groups is 2. The summed E-state index contributed by atoms with van der Waals surface area (Å²) in [6.45, 7) is 5.58. The van der Waals surface area contributed by atoms with Crippen molar-refractivity contribution in [2.45, 2.75) is 26.4 Å². The molecule has 0 spiro atoms. The molecule has 1 aromatic carbocycles. The van der Waals surface area contributed by atoms with Crippen molar-refractivity contribution in [2.75, 3.05) is 18.5 Å². The molecule has 0 aromatic heterocycles. The van der Waals surface area contributed by atoms with Crippen LogP contribution in [0, 0.1) is 0 Å². The average molecular weight is 280 g/mol. The van der Waals surface area contributed by atoms with Crippen LogP contribution < -0.4 is 10.6 Å². The smallest absolute Gasteiger partial charge is 0.411 e. The first-order chi connectivity index (χ1) is 9.37. The number of ether oxygens (including phenoxy) is 2. The van der Waals surface area contributed by atoms with Crippen LogP contribution in [0.4, 0.5) is 15.3 Å². The van der Waals surface area contributed by atoms with Crippen LogP contribution in [0.15, 0.2) is 30.3 Å². The Bertz CT molecular complexity index is 440. The Balaban J connectivity index is 2.15. The minimum absolute atomic E-state index is 0.0674. The van der Waals surface area contributed by atoms with E-state index < -0.39 is 17.8 Å². The summed E-state index contributed by atoms with van der Waals surface area (Å²) >= 11 is 0. The van der Waals surface area contributed by atoms with E-state index in [1.54, 1.807) is 45.0 Å². The van der Waals surface area contributed by atoms with Crippen molar-refractivity contribution >= 4 is 17.9 Å². The Hall–Kier alpha value is -2.24. The molecule has 1 aromatic rings. The van der Waals surface area contributed by atoms with Gasteiger partial charge in [0, 0.05) is 5.69 Å². The number of para-hydroxylation sites is 1. The Morgan fingerprint density at radius 1 is 1.10 bits per heavy atom. The molecule has 0 radical (unpaired) electrons. The van der Waals surface area contributed by atoms with E-state index in [1.165, 1.54) is 0 Å². The first kappa shape index (κ1) is 15.8. The summed E-state index contributed by atoms with van der Waals surface area (Å²) in [5, 5.41) is 5.06. The maximum atomic E-state index is 11.4. The average Bonchev–Trinajstić information content (AvgIpc) is 2.34. The molecule has 0 unspecified atom stereocenters. The fraction of sp³-hybridized carbons (Fsp3) is 0.429. The Kier molecular flexibility index (Phi) is 5.83. The number of rotatable bonds is 4. The Morgan fingerprint density at radius 3 is 2.35 bits per heavy atom. The molecular weight excluding hydrogens is 260 g/mol. The van der Waals surface area contributed by atoms with Crippen molar-refractivity contribution in [1.29, 1.82) is 0 Å². The third kappa shape index (κ3) is 7.25. The van der Waals surface area contributed by atoms with Crippen LogP contribution in [-0.2, 0) is 9.47 Å². The van der Waals surface area contributed by atoms with Crippen LogP contribution in [0.1, 0.15) is 20.8 Å². The molecule has 2 N–H and O–H groups in total. The van der Waals surface area contributed by atoms with E-state index in [2.05, 4.69) is 10.6 Å². The van der Waals surface area contributed by atoms with Crippen molar-refractivity contribution in [3.63, 3.8) is 0 Å². The van der Waals surface area contributed by atoms with Crippen LogP contribution >= 0.6 is 0 Å². The number of amides is 2. The van der Waals surface area contributed by atoms with Gasteiger partial charge in [-0.1, -0.05) is 18.2 Å². The summed E-state index contributed by atoms with van der Waals surface area (Å²) < 4.78 is 9.94. The van der Waals surface area contributed by atoms with Gasteiger partial charge in [-0.2, -0.15) is 0 Å². The van der Waals surface area contributed by atoms with E-state index in [0.717, 1.165) is 0 Å². The van der Waals surface area contributed by atoms with Crippen LogP contribution in [0.5, 0.6) is 0 Å². The zero-order chi connectivity index (χ0) is 15.0. The predicted octanol–water partition coefficient (Wildman–Crippen LogP) is 2.76. The molecule has 6 nitrogen and oxygen atoms in total. The van der Waals surface area contributed by atoms with Gasteiger partial charge in [-0.3, -0.25) is 5.32 Å². The molecule has 0 aliphatic carbocycles. The number of carbonyl (C=O) groups excluding carboxylic acids is 2. The van der Waals surface area contributed by atoms with E-state index in [1.807, 2.05) is 6.07 Å². The van der Waals surface area contributed by atoms with Crippen molar-refractivity contribution in [3.05, 3.63) is 30.3 Å². The Morgan fingerprint density at radius 2 is 1.75 bits per heavy atom. The van der Waals surface area contributed by atoms with Crippen molar-refractivity contribution in [1.82, 2.24) is 5.32 Å². The first-order valence-corrected chi connectivity index (χ1v) is 6.32. The molecule has 0 atom stereocenters. The summed E-state index contributed by atoms with van der Waals surface area (Å²) in [4.78, 5) is 22.7. The van der Waals surface area contributed by atoms with Gasteiger partial charge in [0.1, 0.15) is 12.2 Å². The summed E-state index contributed by atoms with van der Waals surface area (Å²) in [7, 11) is 0. The summed E-state index contributed by atoms with van der Waals surface area (Å²) in [6.07, 6.45) is -1.10. The highest BCUT2D eigenvalue weighted by molar-refractivity contribution is 5.84. The molecule has 20 heavy (non-hydrogen) atoms. The zero-order valence-electron chi connectivity index (χ0n) is 11.9. The minimum Gasteiger partial charge on any atom is -0.447 e. The van der Waals surface area contributed by atoms with Crippen LogP contribution in [0.25, 0.3) is 0 Å². The van der Waals surface area contributed by atoms with Gasteiger partial charge >= 0.3 is 12.2 Å². The number of hydrogen-bond acceptors (Lipinski definition) is 4. The summed E-state index contributed by atoms with van der Waals surface area (Å²) in [5.41, 5.74) is 0.105. The highest BCUT2D eigenvalue weighted by Crippen LogP contribution is 2.06. The molecule has 2 amide bonds. The Labute approximate surface area is 118 Å². The van der Waals surface area contributed by atoms with Gasteiger partial charge < -0.3 is 14.8 Å². The van der Waals surface area contributed by atoms with Crippen molar-refractivity contribution in [2.24, 2.45) is 0 Å². The highest BCUT2D eigenvalue weighted by atomic mass is 16.6. The minimum atomic E-state index is -0.567. The molecule has 110 valence electrons. The fourth-order valence-electron chi connectivity index (χ4n) is 1.29. The molecule has 1 rings (SSSR count). The van der Waals surface area contributed by atoms with Crippen molar-refractivity contribution in [3.8, 4) is 0 Å². The quantitative estimate of drug-likeness (QED) is 0.831. The van der Waals surface area contributed by atoms with Gasteiger partial charge in [-0.05, 0) is 32.9 Å². The molecule has 6 heteroatoms. The first-order valence-electron chi connectivity index (χ1n) is 6.32. The third-order valence-electron chi connectivity index (χ3n) is 2.02. The van der Waals surface area contributed by atoms with Gasteiger partial charge in [0.05, 0.1) is 6.54 Å². The number of anilines is 1. The topological polar surface area (TPSA) is 76.7 Å². The number of benzene rings is 1. The summed E-state index contributed by atoms with van der Waals surface area (Å²) in [5.74, 6) is 0. The third-order valence-corrected chi connectivity index (χ3v) is 2.02. The number of hydrogen-bond donors (Lipinski definition) is 2. The number of nitrogens with one attached hydrogen (secondary N) is 2. The standard InChI is InChI=1S/C14H20N2O4/c1-14(2,3)20-12(17)15-9-10-19-13(18)16-11-7-5-4-6-8-11/h4-8H,9-10H2,1-3H3,(H,15,17)(H,16,18). The normalized spacial score (nSPS) is 10.6. The van der Waals surface area contributed by atoms with E-state index in [9.17, 15) is 9.59 Å². The molecule has 0 aliphatic heterocycles. The summed E-state index contributed by atoms with van der Waals surface area (Å²) in [6, 6.07) is 8.96. The van der Waals surface area contributed by atoms with E-state index in [4.69, 9.17) is 9.47 Å². The SMILES string of the molecule is CC(C)(C)OC(=O)NCCOC(=O)Nc1ccccc1. The van der Waals surface area contributed by atoms with E-state index in [-0.39, 0.29) is 13.2 Å². The van der Waals surface area contributed by atoms with Crippen LogP contribution in [0.2, 0.25) is 0 Å². The zero-order valence-corrected chi connectivity index (χ0v) is 11.9. The van der Waals surface area contributed by atoms with Gasteiger partial charge in [0.25, 0.3) is 0 Å². The molecule has 0 bridgehead atoms. The highest BCUT2D eigenvalue weighted by Gasteiger charge is 2.15. The molecule has 0 fully saturated rings. The lowest BCUT2D eigenvalue weighted by Crippen LogP contribution is -2.34. The van der Waals surface area contributed by atoms with Crippen LogP contribution in [-0.4, -0.2) is 30.9 Å². The fourth-order valence-corrected chi connectivity index (χ4v) is 1.29. The lowest BCUT2D eigenvalue weighted by molar-refractivity contribution is 0.0514. The van der Waals surface area contributed by atoms with Gasteiger partial charge in [-0.15, -0.1) is 0 Å². The van der Waals surface area contributed by atoms with Crippen molar-refractivity contribution < 1.29 is 19.1 Å². The molecular formula is C14H20N2O4. The molecule has 0 saturated carbocycles. The lowest BCUT2D eigenvalue weighted by Gasteiger charge is -2.19. The van der Waals surface area contributed by atoms with E-state index in [0.29, 0.717) is 5.69 Å². The second kappa shape index (κ2) is 7.37. The second-order valence-electron chi connectivity index (χ2n) is 5.06. The van der Waals surface area contributed by atoms with E-state index >= 15 is 0 Å². The largest absolute Gasteiger partial charge is 0.447 e. The maximum absolute atomic E-state index is 11.4.